The summed E-state index contributed by atoms with van der Waals surface area (Å²) in [5.41, 5.74) is 11.0. The SMILES string of the molecule is NC(=O)c1ccc(F)c(NC(=O)C2CCC(N)C2)c1. The van der Waals surface area contributed by atoms with Gasteiger partial charge in [0, 0.05) is 17.5 Å². The van der Waals surface area contributed by atoms with Crippen molar-refractivity contribution in [3.63, 3.8) is 0 Å². The van der Waals surface area contributed by atoms with E-state index < -0.39 is 11.7 Å². The van der Waals surface area contributed by atoms with Crippen molar-refractivity contribution in [2.75, 3.05) is 5.32 Å². The molecule has 0 heterocycles. The zero-order valence-electron chi connectivity index (χ0n) is 10.4. The number of nitrogens with two attached hydrogens (primary N) is 2. The molecule has 0 radical (unpaired) electrons. The molecule has 0 aliphatic heterocycles. The molecular weight excluding hydrogens is 249 g/mol. The minimum atomic E-state index is -0.668. The van der Waals surface area contributed by atoms with E-state index in [1.807, 2.05) is 0 Å². The number of carbonyl (C=O) groups excluding carboxylic acids is 2. The summed E-state index contributed by atoms with van der Waals surface area (Å²) in [6, 6.07) is 3.65. The summed E-state index contributed by atoms with van der Waals surface area (Å²) >= 11 is 0. The van der Waals surface area contributed by atoms with Gasteiger partial charge in [-0.25, -0.2) is 4.39 Å². The number of benzene rings is 1. The van der Waals surface area contributed by atoms with E-state index in [9.17, 15) is 14.0 Å². The maximum Gasteiger partial charge on any atom is 0.248 e. The smallest absolute Gasteiger partial charge is 0.248 e. The van der Waals surface area contributed by atoms with E-state index in [2.05, 4.69) is 5.32 Å². The van der Waals surface area contributed by atoms with Gasteiger partial charge in [0.15, 0.2) is 0 Å². The summed E-state index contributed by atoms with van der Waals surface area (Å²) in [4.78, 5) is 23.0. The molecule has 5 nitrogen and oxygen atoms in total. The molecule has 19 heavy (non-hydrogen) atoms. The molecule has 0 aromatic heterocycles. The molecule has 2 unspecified atom stereocenters. The fourth-order valence-corrected chi connectivity index (χ4v) is 2.26. The van der Waals surface area contributed by atoms with Gasteiger partial charge in [0.25, 0.3) is 0 Å². The number of anilines is 1. The number of rotatable bonds is 3. The normalized spacial score (nSPS) is 22.2. The van der Waals surface area contributed by atoms with Gasteiger partial charge in [-0.15, -0.1) is 0 Å². The van der Waals surface area contributed by atoms with Crippen LogP contribution in [0.25, 0.3) is 0 Å². The van der Waals surface area contributed by atoms with E-state index in [4.69, 9.17) is 11.5 Å². The molecule has 1 aliphatic carbocycles. The molecule has 5 N–H and O–H groups in total. The Kier molecular flexibility index (Phi) is 3.80. The number of halogens is 1. The van der Waals surface area contributed by atoms with Crippen LogP contribution in [0.15, 0.2) is 18.2 Å². The second-order valence-electron chi connectivity index (χ2n) is 4.82. The van der Waals surface area contributed by atoms with Gasteiger partial charge in [0.1, 0.15) is 5.82 Å². The average Bonchev–Trinajstić information content (AvgIpc) is 2.78. The van der Waals surface area contributed by atoms with E-state index in [0.717, 1.165) is 12.5 Å². The lowest BCUT2D eigenvalue weighted by atomic mass is 10.1. The Morgan fingerprint density at radius 3 is 2.63 bits per heavy atom. The Morgan fingerprint density at radius 1 is 1.32 bits per heavy atom. The van der Waals surface area contributed by atoms with E-state index >= 15 is 0 Å². The van der Waals surface area contributed by atoms with Crippen LogP contribution in [-0.2, 0) is 4.79 Å². The molecule has 2 rings (SSSR count). The standard InChI is InChI=1S/C13H16FN3O2/c14-10-4-2-7(12(16)18)6-11(10)17-13(19)8-1-3-9(15)5-8/h2,4,6,8-9H,1,3,5,15H2,(H2,16,18)(H,17,19). The van der Waals surface area contributed by atoms with Crippen LogP contribution in [0.2, 0.25) is 0 Å². The first-order valence-electron chi connectivity index (χ1n) is 6.13. The summed E-state index contributed by atoms with van der Waals surface area (Å²) in [6.45, 7) is 0. The van der Waals surface area contributed by atoms with E-state index in [-0.39, 0.29) is 29.1 Å². The zero-order chi connectivity index (χ0) is 14.0. The molecule has 1 aromatic rings. The second kappa shape index (κ2) is 5.36. The quantitative estimate of drug-likeness (QED) is 0.760. The van der Waals surface area contributed by atoms with Crippen LogP contribution >= 0.6 is 0 Å². The molecule has 0 saturated heterocycles. The first kappa shape index (κ1) is 13.5. The third-order valence-electron chi connectivity index (χ3n) is 3.35. The topological polar surface area (TPSA) is 98.2 Å². The maximum atomic E-state index is 13.6. The van der Waals surface area contributed by atoms with Crippen LogP contribution in [0.1, 0.15) is 29.6 Å². The molecular formula is C13H16FN3O2. The van der Waals surface area contributed by atoms with Crippen LogP contribution in [-0.4, -0.2) is 17.9 Å². The van der Waals surface area contributed by atoms with Crippen molar-refractivity contribution >= 4 is 17.5 Å². The molecule has 1 saturated carbocycles. The maximum absolute atomic E-state index is 13.6. The van der Waals surface area contributed by atoms with Gasteiger partial charge in [-0.1, -0.05) is 0 Å². The van der Waals surface area contributed by atoms with Crippen molar-refractivity contribution in [1.29, 1.82) is 0 Å². The van der Waals surface area contributed by atoms with Crippen molar-refractivity contribution in [1.82, 2.24) is 0 Å². The highest BCUT2D eigenvalue weighted by molar-refractivity contribution is 5.97. The minimum absolute atomic E-state index is 0.0255. The van der Waals surface area contributed by atoms with Crippen LogP contribution < -0.4 is 16.8 Å². The lowest BCUT2D eigenvalue weighted by Crippen LogP contribution is -2.24. The van der Waals surface area contributed by atoms with Crippen LogP contribution in [0.4, 0.5) is 10.1 Å². The molecule has 0 bridgehead atoms. The Labute approximate surface area is 110 Å². The van der Waals surface area contributed by atoms with Crippen LogP contribution in [0, 0.1) is 11.7 Å². The highest BCUT2D eigenvalue weighted by Gasteiger charge is 2.28. The number of hydrogen-bond acceptors (Lipinski definition) is 3. The number of hydrogen-bond donors (Lipinski definition) is 3. The molecule has 102 valence electrons. The lowest BCUT2D eigenvalue weighted by Gasteiger charge is -2.12. The molecule has 1 fully saturated rings. The van der Waals surface area contributed by atoms with Crippen molar-refractivity contribution in [3.05, 3.63) is 29.6 Å². The molecule has 2 atom stereocenters. The first-order chi connectivity index (χ1) is 8.97. The summed E-state index contributed by atoms with van der Waals surface area (Å²) in [7, 11) is 0. The summed E-state index contributed by atoms with van der Waals surface area (Å²) in [5.74, 6) is -1.74. The number of carbonyl (C=O) groups is 2. The highest BCUT2D eigenvalue weighted by atomic mass is 19.1. The van der Waals surface area contributed by atoms with E-state index in [1.165, 1.54) is 12.1 Å². The second-order valence-corrected chi connectivity index (χ2v) is 4.82. The van der Waals surface area contributed by atoms with Gasteiger partial charge in [-0.2, -0.15) is 0 Å². The van der Waals surface area contributed by atoms with E-state index in [0.29, 0.717) is 12.8 Å². The van der Waals surface area contributed by atoms with Crippen molar-refractivity contribution < 1.29 is 14.0 Å². The van der Waals surface area contributed by atoms with Gasteiger partial charge in [-0.05, 0) is 37.5 Å². The van der Waals surface area contributed by atoms with Gasteiger partial charge in [0.05, 0.1) is 5.69 Å². The fraction of sp³-hybridized carbons (Fsp3) is 0.385. The van der Waals surface area contributed by atoms with Crippen molar-refractivity contribution in [3.8, 4) is 0 Å². The lowest BCUT2D eigenvalue weighted by molar-refractivity contribution is -0.119. The number of amides is 2. The molecule has 6 heteroatoms. The third kappa shape index (κ3) is 3.08. The van der Waals surface area contributed by atoms with Crippen LogP contribution in [0.3, 0.4) is 0 Å². The molecule has 1 aliphatic rings. The van der Waals surface area contributed by atoms with Gasteiger partial charge < -0.3 is 16.8 Å². The van der Waals surface area contributed by atoms with Crippen molar-refractivity contribution in [2.24, 2.45) is 17.4 Å². The number of nitrogens with one attached hydrogen (secondary N) is 1. The van der Waals surface area contributed by atoms with Gasteiger partial charge in [-0.3, -0.25) is 9.59 Å². The Morgan fingerprint density at radius 2 is 2.05 bits per heavy atom. The first-order valence-corrected chi connectivity index (χ1v) is 6.13. The van der Waals surface area contributed by atoms with Crippen molar-refractivity contribution in [2.45, 2.75) is 25.3 Å². The highest BCUT2D eigenvalue weighted by Crippen LogP contribution is 2.26. The third-order valence-corrected chi connectivity index (χ3v) is 3.35. The van der Waals surface area contributed by atoms with E-state index in [1.54, 1.807) is 0 Å². The predicted molar refractivity (Wildman–Crippen MR) is 68.9 cm³/mol. The minimum Gasteiger partial charge on any atom is -0.366 e. The summed E-state index contributed by atoms with van der Waals surface area (Å²) < 4.78 is 13.6. The average molecular weight is 265 g/mol. The molecule has 1 aromatic carbocycles. The monoisotopic (exact) mass is 265 g/mol. The van der Waals surface area contributed by atoms with Crippen LogP contribution in [0.5, 0.6) is 0 Å². The fourth-order valence-electron chi connectivity index (χ4n) is 2.26. The predicted octanol–water partition coefficient (Wildman–Crippen LogP) is 0.990. The van der Waals surface area contributed by atoms with Gasteiger partial charge >= 0.3 is 0 Å². The summed E-state index contributed by atoms with van der Waals surface area (Å²) in [6.07, 6.45) is 2.09. The molecule has 0 spiro atoms. The summed E-state index contributed by atoms with van der Waals surface area (Å²) in [5, 5.41) is 2.49. The largest absolute Gasteiger partial charge is 0.366 e. The molecule has 2 amide bonds. The Balaban J connectivity index is 2.12. The van der Waals surface area contributed by atoms with Gasteiger partial charge in [0.2, 0.25) is 11.8 Å². The number of primary amides is 1. The zero-order valence-corrected chi connectivity index (χ0v) is 10.4. The Hall–Kier alpha value is -1.95. The Bertz CT molecular complexity index is 519.